The zero-order chi connectivity index (χ0) is 26.7. The molecule has 2 aromatic carbocycles. The Labute approximate surface area is 232 Å². The Bertz CT molecular complexity index is 1370. The van der Waals surface area contributed by atoms with Crippen LogP contribution in [0.2, 0.25) is 5.02 Å². The molecule has 13 heteroatoms. The first-order valence-corrected chi connectivity index (χ1v) is 14.6. The van der Waals surface area contributed by atoms with Crippen LogP contribution in [0.4, 0.5) is 4.79 Å². The van der Waals surface area contributed by atoms with E-state index in [1.807, 2.05) is 0 Å². The number of carbonyl (C=O) groups excluding carboxylic acids is 3. The second-order valence-corrected chi connectivity index (χ2v) is 12.1. The van der Waals surface area contributed by atoms with Gasteiger partial charge in [0.25, 0.3) is 11.1 Å². The Hall–Kier alpha value is -2.54. The van der Waals surface area contributed by atoms with Gasteiger partial charge in [0.1, 0.15) is 11.4 Å². The number of nitrogens with zero attached hydrogens (tertiary/aromatic N) is 2. The predicted molar refractivity (Wildman–Crippen MR) is 143 cm³/mol. The molecule has 2 fully saturated rings. The van der Waals surface area contributed by atoms with E-state index < -0.39 is 21.3 Å². The molecule has 0 bridgehead atoms. The summed E-state index contributed by atoms with van der Waals surface area (Å²) in [5, 5.41) is -0.149. The van der Waals surface area contributed by atoms with Crippen LogP contribution in [0.5, 0.6) is 11.5 Å². The number of imide groups is 1. The number of hydrogen-bond acceptors (Lipinski definition) is 8. The summed E-state index contributed by atoms with van der Waals surface area (Å²) in [5.74, 6) is -0.829. The standard InChI is InChI=1S/C24H22BrClN2O7S2/c1-34-19-12-15(11-18(25)22(19)35-37(32,33)17-7-5-16(26)6-8-17)13-20-23(30)28(24(31)36-20)14-21(29)27-9-3-2-4-10-27/h5-8,11-13H,2-4,9-10,14H2,1H3/b20-13-. The zero-order valence-corrected chi connectivity index (χ0v) is 23.6. The fraction of sp³-hybridized carbons (Fsp3) is 0.292. The maximum Gasteiger partial charge on any atom is 0.339 e. The lowest BCUT2D eigenvalue weighted by atomic mass is 10.1. The number of carbonyl (C=O) groups is 3. The van der Waals surface area contributed by atoms with Gasteiger partial charge in [0.15, 0.2) is 11.5 Å². The van der Waals surface area contributed by atoms with Crippen LogP contribution in [0.1, 0.15) is 24.8 Å². The van der Waals surface area contributed by atoms with Crippen LogP contribution in [0.3, 0.4) is 0 Å². The molecule has 37 heavy (non-hydrogen) atoms. The van der Waals surface area contributed by atoms with Gasteiger partial charge in [0.05, 0.1) is 16.5 Å². The molecule has 3 amide bonds. The molecule has 0 atom stereocenters. The van der Waals surface area contributed by atoms with Crippen LogP contribution in [-0.4, -0.2) is 62.0 Å². The van der Waals surface area contributed by atoms with Gasteiger partial charge in [0.2, 0.25) is 5.91 Å². The van der Waals surface area contributed by atoms with Crippen molar-refractivity contribution in [1.82, 2.24) is 9.80 Å². The highest BCUT2D eigenvalue weighted by Gasteiger charge is 2.37. The number of halogens is 2. The third kappa shape index (κ3) is 6.31. The smallest absolute Gasteiger partial charge is 0.339 e. The van der Waals surface area contributed by atoms with E-state index in [0.29, 0.717) is 23.7 Å². The number of rotatable bonds is 7. The highest BCUT2D eigenvalue weighted by atomic mass is 79.9. The normalized spacial score (nSPS) is 17.4. The van der Waals surface area contributed by atoms with E-state index in [1.165, 1.54) is 49.6 Å². The van der Waals surface area contributed by atoms with Crippen molar-refractivity contribution in [1.29, 1.82) is 0 Å². The number of amides is 3. The van der Waals surface area contributed by atoms with E-state index in [9.17, 15) is 22.8 Å². The lowest BCUT2D eigenvalue weighted by Crippen LogP contribution is -2.44. The third-order valence-corrected chi connectivity index (χ3v) is 8.70. The first-order valence-electron chi connectivity index (χ1n) is 11.2. The summed E-state index contributed by atoms with van der Waals surface area (Å²) in [4.78, 5) is 40.6. The minimum atomic E-state index is -4.19. The number of thioether (sulfide) groups is 1. The topological polar surface area (TPSA) is 110 Å². The summed E-state index contributed by atoms with van der Waals surface area (Å²) in [6.45, 7) is 0.951. The van der Waals surface area contributed by atoms with Crippen molar-refractivity contribution < 1.29 is 31.7 Å². The second kappa shape index (κ2) is 11.5. The maximum absolute atomic E-state index is 12.9. The molecule has 0 aliphatic carbocycles. The SMILES string of the molecule is COc1cc(/C=C2\SC(=O)N(CC(=O)N3CCCCC3)C2=O)cc(Br)c1OS(=O)(=O)c1ccc(Cl)cc1. The van der Waals surface area contributed by atoms with Gasteiger partial charge in [-0.05, 0) is 95.0 Å². The fourth-order valence-corrected chi connectivity index (χ4v) is 6.40. The Kier molecular flexibility index (Phi) is 8.52. The summed E-state index contributed by atoms with van der Waals surface area (Å²) < 4.78 is 36.4. The van der Waals surface area contributed by atoms with Gasteiger partial charge in [0, 0.05) is 18.1 Å². The summed E-state index contributed by atoms with van der Waals surface area (Å²) >= 11 is 9.87. The number of likely N-dealkylation sites (tertiary alicyclic amines) is 1. The summed E-state index contributed by atoms with van der Waals surface area (Å²) in [5.41, 5.74) is 0.452. The summed E-state index contributed by atoms with van der Waals surface area (Å²) in [6.07, 6.45) is 4.35. The molecule has 0 saturated carbocycles. The van der Waals surface area contributed by atoms with Crippen molar-refractivity contribution in [3.05, 3.63) is 56.4 Å². The lowest BCUT2D eigenvalue weighted by Gasteiger charge is -2.27. The maximum atomic E-state index is 12.9. The van der Waals surface area contributed by atoms with E-state index in [-0.39, 0.29) is 38.2 Å². The largest absolute Gasteiger partial charge is 0.493 e. The molecular weight excluding hydrogens is 608 g/mol. The lowest BCUT2D eigenvalue weighted by molar-refractivity contribution is -0.136. The average Bonchev–Trinajstić information content (AvgIpc) is 3.13. The van der Waals surface area contributed by atoms with Crippen LogP contribution in [0.25, 0.3) is 6.08 Å². The van der Waals surface area contributed by atoms with Crippen LogP contribution >= 0.6 is 39.3 Å². The molecule has 4 rings (SSSR count). The van der Waals surface area contributed by atoms with E-state index in [2.05, 4.69) is 15.9 Å². The number of ether oxygens (including phenoxy) is 1. The van der Waals surface area contributed by atoms with Gasteiger partial charge in [-0.15, -0.1) is 0 Å². The van der Waals surface area contributed by atoms with Crippen molar-refractivity contribution in [2.45, 2.75) is 24.2 Å². The number of benzene rings is 2. The van der Waals surface area contributed by atoms with Gasteiger partial charge in [-0.25, -0.2) is 0 Å². The van der Waals surface area contributed by atoms with Crippen LogP contribution in [0, 0.1) is 0 Å². The molecule has 0 aromatic heterocycles. The minimum Gasteiger partial charge on any atom is -0.493 e. The first-order chi connectivity index (χ1) is 17.6. The number of methoxy groups -OCH3 is 1. The Morgan fingerprint density at radius 1 is 1.14 bits per heavy atom. The average molecular weight is 630 g/mol. The molecule has 0 spiro atoms. The molecule has 9 nitrogen and oxygen atoms in total. The van der Waals surface area contributed by atoms with E-state index in [0.717, 1.165) is 35.9 Å². The molecule has 2 aliphatic heterocycles. The van der Waals surface area contributed by atoms with Crippen molar-refractivity contribution in [2.75, 3.05) is 26.7 Å². The van der Waals surface area contributed by atoms with Gasteiger partial charge >= 0.3 is 10.1 Å². The Balaban J connectivity index is 1.54. The minimum absolute atomic E-state index is 0.0812. The van der Waals surface area contributed by atoms with E-state index in [4.69, 9.17) is 20.5 Å². The molecule has 0 radical (unpaired) electrons. The molecule has 2 saturated heterocycles. The van der Waals surface area contributed by atoms with Crippen LogP contribution < -0.4 is 8.92 Å². The molecule has 2 aliphatic rings. The fourth-order valence-electron chi connectivity index (χ4n) is 3.83. The van der Waals surface area contributed by atoms with E-state index >= 15 is 0 Å². The van der Waals surface area contributed by atoms with Crippen molar-refractivity contribution in [2.24, 2.45) is 0 Å². The molecular formula is C24H22BrClN2O7S2. The highest BCUT2D eigenvalue weighted by Crippen LogP contribution is 2.40. The Morgan fingerprint density at radius 3 is 2.46 bits per heavy atom. The van der Waals surface area contributed by atoms with Crippen LogP contribution in [-0.2, 0) is 19.7 Å². The van der Waals surface area contributed by atoms with Crippen molar-refractivity contribution >= 4 is 72.5 Å². The van der Waals surface area contributed by atoms with Crippen molar-refractivity contribution in [3.8, 4) is 11.5 Å². The van der Waals surface area contributed by atoms with Gasteiger partial charge in [-0.2, -0.15) is 8.42 Å². The molecule has 0 unspecified atom stereocenters. The molecule has 0 N–H and O–H groups in total. The molecule has 196 valence electrons. The van der Waals surface area contributed by atoms with Crippen LogP contribution in [0.15, 0.2) is 50.7 Å². The van der Waals surface area contributed by atoms with Gasteiger partial charge in [-0.1, -0.05) is 11.6 Å². The first kappa shape index (κ1) is 27.5. The summed E-state index contributed by atoms with van der Waals surface area (Å²) in [6, 6.07) is 8.50. The van der Waals surface area contributed by atoms with Crippen molar-refractivity contribution in [3.63, 3.8) is 0 Å². The summed E-state index contributed by atoms with van der Waals surface area (Å²) in [7, 11) is -2.85. The van der Waals surface area contributed by atoms with Gasteiger partial charge in [-0.3, -0.25) is 19.3 Å². The number of hydrogen-bond donors (Lipinski definition) is 0. The predicted octanol–water partition coefficient (Wildman–Crippen LogP) is 4.93. The van der Waals surface area contributed by atoms with Gasteiger partial charge < -0.3 is 13.8 Å². The Morgan fingerprint density at radius 2 is 1.81 bits per heavy atom. The van der Waals surface area contributed by atoms with E-state index in [1.54, 1.807) is 4.90 Å². The number of piperidine rings is 1. The molecule has 2 aromatic rings. The highest BCUT2D eigenvalue weighted by molar-refractivity contribution is 9.10. The zero-order valence-electron chi connectivity index (χ0n) is 19.6. The molecule has 2 heterocycles. The third-order valence-electron chi connectivity index (χ3n) is 5.72. The monoisotopic (exact) mass is 628 g/mol. The quantitative estimate of drug-likeness (QED) is 0.313. The second-order valence-electron chi connectivity index (χ2n) is 8.23.